The fraction of sp³-hybridized carbons (Fsp3) is 0.0667. The topological polar surface area (TPSA) is 36.7 Å². The fourth-order valence-electron chi connectivity index (χ4n) is 1.58. The van der Waals surface area contributed by atoms with Crippen LogP contribution in [0.25, 0.3) is 12.2 Å². The SMILES string of the molecule is Cc1cccc(/C=C/c2ccccc2C#N)n1. The zero-order valence-corrected chi connectivity index (χ0v) is 9.59. The molecule has 0 fully saturated rings. The third-order valence-electron chi connectivity index (χ3n) is 2.42. The van der Waals surface area contributed by atoms with Crippen molar-refractivity contribution in [2.75, 3.05) is 0 Å². The normalized spacial score (nSPS) is 10.4. The number of rotatable bonds is 2. The van der Waals surface area contributed by atoms with Gasteiger partial charge < -0.3 is 0 Å². The summed E-state index contributed by atoms with van der Waals surface area (Å²) in [6, 6.07) is 15.6. The maximum atomic E-state index is 8.96. The highest BCUT2D eigenvalue weighted by Crippen LogP contribution is 2.11. The van der Waals surface area contributed by atoms with Crippen molar-refractivity contribution in [2.45, 2.75) is 6.92 Å². The van der Waals surface area contributed by atoms with Gasteiger partial charge in [-0.05, 0) is 36.8 Å². The van der Waals surface area contributed by atoms with Gasteiger partial charge >= 0.3 is 0 Å². The van der Waals surface area contributed by atoms with Crippen LogP contribution in [-0.4, -0.2) is 4.98 Å². The van der Waals surface area contributed by atoms with E-state index in [1.165, 1.54) is 0 Å². The third-order valence-corrected chi connectivity index (χ3v) is 2.42. The molecule has 17 heavy (non-hydrogen) atoms. The van der Waals surface area contributed by atoms with Crippen LogP contribution in [0.5, 0.6) is 0 Å². The second-order valence-electron chi connectivity index (χ2n) is 3.74. The Hall–Kier alpha value is -2.40. The summed E-state index contributed by atoms with van der Waals surface area (Å²) in [6.45, 7) is 1.96. The van der Waals surface area contributed by atoms with Crippen LogP contribution in [0.4, 0.5) is 0 Å². The van der Waals surface area contributed by atoms with Gasteiger partial charge in [-0.1, -0.05) is 30.3 Å². The lowest BCUT2D eigenvalue weighted by Crippen LogP contribution is -1.84. The number of nitriles is 1. The molecule has 2 aromatic rings. The Kier molecular flexibility index (Phi) is 3.32. The molecule has 0 N–H and O–H groups in total. The Balaban J connectivity index is 2.30. The number of nitrogens with zero attached hydrogens (tertiary/aromatic N) is 2. The quantitative estimate of drug-likeness (QED) is 0.777. The van der Waals surface area contributed by atoms with Crippen LogP contribution in [0, 0.1) is 18.3 Å². The van der Waals surface area contributed by atoms with E-state index in [0.29, 0.717) is 5.56 Å². The van der Waals surface area contributed by atoms with Crippen LogP contribution in [0.15, 0.2) is 42.5 Å². The molecule has 0 spiro atoms. The predicted molar refractivity (Wildman–Crippen MR) is 69.1 cm³/mol. The molecule has 0 aliphatic rings. The van der Waals surface area contributed by atoms with Gasteiger partial charge in [0.1, 0.15) is 0 Å². The summed E-state index contributed by atoms with van der Waals surface area (Å²) in [4.78, 5) is 4.37. The van der Waals surface area contributed by atoms with E-state index in [2.05, 4.69) is 11.1 Å². The van der Waals surface area contributed by atoms with E-state index in [4.69, 9.17) is 5.26 Å². The van der Waals surface area contributed by atoms with Gasteiger partial charge in [-0.15, -0.1) is 0 Å². The second-order valence-corrected chi connectivity index (χ2v) is 3.74. The van der Waals surface area contributed by atoms with Crippen LogP contribution >= 0.6 is 0 Å². The van der Waals surface area contributed by atoms with E-state index >= 15 is 0 Å². The Morgan fingerprint density at radius 1 is 1.06 bits per heavy atom. The van der Waals surface area contributed by atoms with Gasteiger partial charge in [0.05, 0.1) is 17.3 Å². The van der Waals surface area contributed by atoms with E-state index in [-0.39, 0.29) is 0 Å². The van der Waals surface area contributed by atoms with E-state index < -0.39 is 0 Å². The van der Waals surface area contributed by atoms with E-state index in [1.54, 1.807) is 0 Å². The molecule has 2 rings (SSSR count). The molecule has 1 heterocycles. The highest BCUT2D eigenvalue weighted by Gasteiger charge is 1.96. The molecule has 0 unspecified atom stereocenters. The summed E-state index contributed by atoms with van der Waals surface area (Å²) in [5.41, 5.74) is 3.48. The summed E-state index contributed by atoms with van der Waals surface area (Å²) < 4.78 is 0. The molecule has 0 amide bonds. The van der Waals surface area contributed by atoms with Gasteiger partial charge in [-0.3, -0.25) is 4.98 Å². The first-order chi connectivity index (χ1) is 8.29. The van der Waals surface area contributed by atoms with Crippen LogP contribution in [0.3, 0.4) is 0 Å². The monoisotopic (exact) mass is 220 g/mol. The minimum absolute atomic E-state index is 0.677. The van der Waals surface area contributed by atoms with Crippen molar-refractivity contribution in [1.82, 2.24) is 4.98 Å². The average molecular weight is 220 g/mol. The highest BCUT2D eigenvalue weighted by atomic mass is 14.7. The first-order valence-corrected chi connectivity index (χ1v) is 5.40. The molecule has 2 nitrogen and oxygen atoms in total. The molecule has 0 bridgehead atoms. The lowest BCUT2D eigenvalue weighted by molar-refractivity contribution is 1.18. The standard InChI is InChI=1S/C15H12N2/c1-12-5-4-8-15(17-12)10-9-13-6-2-3-7-14(13)11-16/h2-10H,1H3/b10-9+. The largest absolute Gasteiger partial charge is 0.254 e. The molecule has 0 aliphatic carbocycles. The number of aromatic nitrogens is 1. The van der Waals surface area contributed by atoms with E-state index in [9.17, 15) is 0 Å². The Bertz CT molecular complexity index is 592. The zero-order chi connectivity index (χ0) is 12.1. The van der Waals surface area contributed by atoms with E-state index in [1.807, 2.05) is 61.5 Å². The maximum absolute atomic E-state index is 8.96. The van der Waals surface area contributed by atoms with Gasteiger partial charge in [0.25, 0.3) is 0 Å². The maximum Gasteiger partial charge on any atom is 0.0997 e. The number of pyridine rings is 1. The molecular formula is C15H12N2. The summed E-state index contributed by atoms with van der Waals surface area (Å²) in [6.07, 6.45) is 3.84. The smallest absolute Gasteiger partial charge is 0.0997 e. The number of aryl methyl sites for hydroxylation is 1. The Morgan fingerprint density at radius 3 is 2.65 bits per heavy atom. The first kappa shape index (κ1) is 11.1. The van der Waals surface area contributed by atoms with Crippen molar-refractivity contribution >= 4 is 12.2 Å². The van der Waals surface area contributed by atoms with Crippen LogP contribution in [0.2, 0.25) is 0 Å². The van der Waals surface area contributed by atoms with Gasteiger partial charge in [-0.2, -0.15) is 5.26 Å². The van der Waals surface area contributed by atoms with Gasteiger partial charge in [0.2, 0.25) is 0 Å². The molecule has 1 aromatic carbocycles. The van der Waals surface area contributed by atoms with Crippen molar-refractivity contribution in [2.24, 2.45) is 0 Å². The van der Waals surface area contributed by atoms with Crippen LogP contribution in [-0.2, 0) is 0 Å². The number of hydrogen-bond donors (Lipinski definition) is 0. The molecule has 0 radical (unpaired) electrons. The molecule has 1 aromatic heterocycles. The first-order valence-electron chi connectivity index (χ1n) is 5.40. The molecular weight excluding hydrogens is 208 g/mol. The summed E-state index contributed by atoms with van der Waals surface area (Å²) in [5, 5.41) is 8.96. The van der Waals surface area contributed by atoms with Crippen LogP contribution in [0.1, 0.15) is 22.5 Å². The van der Waals surface area contributed by atoms with Gasteiger partial charge in [0, 0.05) is 5.69 Å². The summed E-state index contributed by atoms with van der Waals surface area (Å²) in [5.74, 6) is 0. The summed E-state index contributed by atoms with van der Waals surface area (Å²) in [7, 11) is 0. The third kappa shape index (κ3) is 2.79. The average Bonchev–Trinajstić information content (AvgIpc) is 2.37. The summed E-state index contributed by atoms with van der Waals surface area (Å²) >= 11 is 0. The van der Waals surface area contributed by atoms with Gasteiger partial charge in [0.15, 0.2) is 0 Å². The minimum Gasteiger partial charge on any atom is -0.254 e. The Morgan fingerprint density at radius 2 is 1.88 bits per heavy atom. The molecule has 0 saturated heterocycles. The van der Waals surface area contributed by atoms with Crippen molar-refractivity contribution in [3.63, 3.8) is 0 Å². The van der Waals surface area contributed by atoms with Crippen molar-refractivity contribution in [3.8, 4) is 6.07 Å². The van der Waals surface area contributed by atoms with Crippen LogP contribution < -0.4 is 0 Å². The fourth-order valence-corrected chi connectivity index (χ4v) is 1.58. The van der Waals surface area contributed by atoms with Crippen molar-refractivity contribution < 1.29 is 0 Å². The molecule has 0 saturated carbocycles. The molecule has 0 atom stereocenters. The lowest BCUT2D eigenvalue weighted by atomic mass is 10.1. The van der Waals surface area contributed by atoms with Crippen molar-refractivity contribution in [1.29, 1.82) is 5.26 Å². The van der Waals surface area contributed by atoms with Crippen molar-refractivity contribution in [3.05, 3.63) is 65.0 Å². The molecule has 82 valence electrons. The van der Waals surface area contributed by atoms with E-state index in [0.717, 1.165) is 17.0 Å². The predicted octanol–water partition coefficient (Wildman–Crippen LogP) is 3.43. The lowest BCUT2D eigenvalue weighted by Gasteiger charge is -1.97. The molecule has 0 aliphatic heterocycles. The minimum atomic E-state index is 0.677. The number of benzene rings is 1. The second kappa shape index (κ2) is 5.09. The molecule has 2 heteroatoms. The zero-order valence-electron chi connectivity index (χ0n) is 9.59. The Labute approximate surface area is 101 Å². The van der Waals surface area contributed by atoms with Gasteiger partial charge in [-0.25, -0.2) is 0 Å². The highest BCUT2D eigenvalue weighted by molar-refractivity contribution is 5.71. The number of hydrogen-bond acceptors (Lipinski definition) is 2.